The number of likely N-dealkylation sites (tertiary alicyclic amines) is 1. The molecule has 0 atom stereocenters. The molecule has 104 valence electrons. The largest absolute Gasteiger partial charge is 0.330 e. The molecule has 19 heavy (non-hydrogen) atoms. The minimum atomic E-state index is -0.907. The van der Waals surface area contributed by atoms with E-state index in [4.69, 9.17) is 0 Å². The molecule has 1 saturated carbocycles. The number of hydrogen-bond donors (Lipinski definition) is 1. The first-order chi connectivity index (χ1) is 9.13. The molecule has 2 saturated heterocycles. The molecule has 0 aromatic carbocycles. The number of nitrogens with one attached hydrogen (secondary N) is 1. The van der Waals surface area contributed by atoms with Gasteiger partial charge in [0.15, 0.2) is 0 Å². The van der Waals surface area contributed by atoms with Crippen molar-refractivity contribution in [3.8, 4) is 0 Å². The van der Waals surface area contributed by atoms with Crippen LogP contribution in [0.25, 0.3) is 0 Å². The fourth-order valence-electron chi connectivity index (χ4n) is 2.93. The Morgan fingerprint density at radius 1 is 1.00 bits per heavy atom. The molecule has 1 spiro atoms. The van der Waals surface area contributed by atoms with E-state index in [1.807, 2.05) is 0 Å². The van der Waals surface area contributed by atoms with Gasteiger partial charge in [-0.3, -0.25) is 19.8 Å². The Morgan fingerprint density at radius 2 is 1.68 bits per heavy atom. The van der Waals surface area contributed by atoms with Crippen molar-refractivity contribution < 1.29 is 14.4 Å². The molecular weight excluding hydrogens is 246 g/mol. The van der Waals surface area contributed by atoms with E-state index in [2.05, 4.69) is 10.2 Å². The summed E-state index contributed by atoms with van der Waals surface area (Å²) >= 11 is 0. The molecule has 6 nitrogen and oxygen atoms in total. The number of rotatable bonds is 3. The lowest BCUT2D eigenvalue weighted by atomic mass is 10.0. The van der Waals surface area contributed by atoms with Crippen LogP contribution in [-0.2, 0) is 9.59 Å². The van der Waals surface area contributed by atoms with Gasteiger partial charge >= 0.3 is 6.03 Å². The predicted molar refractivity (Wildman–Crippen MR) is 67.2 cm³/mol. The minimum absolute atomic E-state index is 0.293. The standard InChI is InChI=1S/C13H19N3O3/c17-10-13(4-5-13)11(18)16(12(19)14-10)9-8-15-6-2-1-3-7-15/h1-9H2,(H,14,17,19). The minimum Gasteiger partial charge on any atom is -0.302 e. The van der Waals surface area contributed by atoms with Gasteiger partial charge in [0.05, 0.1) is 0 Å². The molecule has 0 aromatic heterocycles. The van der Waals surface area contributed by atoms with Crippen LogP contribution in [0.2, 0.25) is 0 Å². The molecule has 0 radical (unpaired) electrons. The highest BCUT2D eigenvalue weighted by Crippen LogP contribution is 2.48. The summed E-state index contributed by atoms with van der Waals surface area (Å²) in [6.07, 6.45) is 4.78. The number of carbonyl (C=O) groups is 3. The van der Waals surface area contributed by atoms with Crippen LogP contribution in [0.5, 0.6) is 0 Å². The van der Waals surface area contributed by atoms with Crippen molar-refractivity contribution in [1.82, 2.24) is 15.1 Å². The van der Waals surface area contributed by atoms with E-state index >= 15 is 0 Å². The van der Waals surface area contributed by atoms with Crippen molar-refractivity contribution in [3.05, 3.63) is 0 Å². The lowest BCUT2D eigenvalue weighted by molar-refractivity contribution is -0.144. The third kappa shape index (κ3) is 2.14. The van der Waals surface area contributed by atoms with Crippen LogP contribution in [0.4, 0.5) is 4.79 Å². The summed E-state index contributed by atoms with van der Waals surface area (Å²) in [5.74, 6) is -0.699. The van der Waals surface area contributed by atoms with Crippen molar-refractivity contribution in [1.29, 1.82) is 0 Å². The molecule has 6 heteroatoms. The second-order valence-corrected chi connectivity index (χ2v) is 5.70. The van der Waals surface area contributed by atoms with Crippen LogP contribution < -0.4 is 5.32 Å². The SMILES string of the molecule is O=C1NC(=O)C2(CC2)C(=O)N1CCN1CCCCC1. The molecule has 0 unspecified atom stereocenters. The van der Waals surface area contributed by atoms with Gasteiger partial charge in [0.25, 0.3) is 0 Å². The molecule has 2 heterocycles. The zero-order chi connectivity index (χ0) is 13.5. The molecule has 0 bridgehead atoms. The molecule has 3 aliphatic rings. The highest BCUT2D eigenvalue weighted by Gasteiger charge is 2.62. The third-order valence-corrected chi connectivity index (χ3v) is 4.39. The maximum Gasteiger partial charge on any atom is 0.330 e. The second-order valence-electron chi connectivity index (χ2n) is 5.70. The smallest absolute Gasteiger partial charge is 0.302 e. The molecule has 3 fully saturated rings. The maximum atomic E-state index is 12.2. The first-order valence-corrected chi connectivity index (χ1v) is 7.03. The van der Waals surface area contributed by atoms with Gasteiger partial charge in [-0.2, -0.15) is 0 Å². The van der Waals surface area contributed by atoms with Gasteiger partial charge in [0, 0.05) is 13.1 Å². The lowest BCUT2D eigenvalue weighted by Crippen LogP contribution is -2.60. The van der Waals surface area contributed by atoms with Gasteiger partial charge < -0.3 is 4.90 Å². The fraction of sp³-hybridized carbons (Fsp3) is 0.769. The lowest BCUT2D eigenvalue weighted by Gasteiger charge is -2.33. The first-order valence-electron chi connectivity index (χ1n) is 7.03. The van der Waals surface area contributed by atoms with E-state index < -0.39 is 17.4 Å². The summed E-state index contributed by atoms with van der Waals surface area (Å²) in [6.45, 7) is 3.17. The summed E-state index contributed by atoms with van der Waals surface area (Å²) in [4.78, 5) is 39.2. The Kier molecular flexibility index (Phi) is 3.05. The monoisotopic (exact) mass is 265 g/mol. The Morgan fingerprint density at radius 3 is 2.32 bits per heavy atom. The number of amides is 4. The number of imide groups is 2. The van der Waals surface area contributed by atoms with Crippen molar-refractivity contribution in [2.45, 2.75) is 32.1 Å². The van der Waals surface area contributed by atoms with Crippen molar-refractivity contribution in [2.24, 2.45) is 5.41 Å². The van der Waals surface area contributed by atoms with Gasteiger partial charge in [-0.25, -0.2) is 4.79 Å². The number of barbiturate groups is 1. The summed E-state index contributed by atoms with van der Waals surface area (Å²) in [5.41, 5.74) is -0.907. The van der Waals surface area contributed by atoms with Crippen LogP contribution in [0.3, 0.4) is 0 Å². The number of nitrogens with zero attached hydrogens (tertiary/aromatic N) is 2. The molecule has 1 aliphatic carbocycles. The van der Waals surface area contributed by atoms with Crippen LogP contribution in [-0.4, -0.2) is 53.8 Å². The van der Waals surface area contributed by atoms with E-state index in [0.29, 0.717) is 25.9 Å². The fourth-order valence-corrected chi connectivity index (χ4v) is 2.93. The molecule has 0 aromatic rings. The summed E-state index contributed by atoms with van der Waals surface area (Å²) in [7, 11) is 0. The zero-order valence-corrected chi connectivity index (χ0v) is 11.0. The van der Waals surface area contributed by atoms with Crippen molar-refractivity contribution >= 4 is 17.8 Å². The van der Waals surface area contributed by atoms with Gasteiger partial charge in [0.1, 0.15) is 5.41 Å². The summed E-state index contributed by atoms with van der Waals surface area (Å²) in [5, 5.41) is 2.31. The number of carbonyl (C=O) groups excluding carboxylic acids is 3. The van der Waals surface area contributed by atoms with Crippen molar-refractivity contribution in [3.63, 3.8) is 0 Å². The Bertz CT molecular complexity index is 425. The van der Waals surface area contributed by atoms with Crippen LogP contribution >= 0.6 is 0 Å². The molecule has 1 N–H and O–H groups in total. The molecule has 4 amide bonds. The highest BCUT2D eigenvalue weighted by atomic mass is 16.2. The van der Waals surface area contributed by atoms with Crippen LogP contribution in [0.15, 0.2) is 0 Å². The predicted octanol–water partition coefficient (Wildman–Crippen LogP) is 0.331. The Hall–Kier alpha value is -1.43. The number of piperidine rings is 1. The third-order valence-electron chi connectivity index (χ3n) is 4.39. The Labute approximate surface area is 112 Å². The van der Waals surface area contributed by atoms with E-state index in [1.54, 1.807) is 0 Å². The van der Waals surface area contributed by atoms with Gasteiger partial charge in [-0.15, -0.1) is 0 Å². The molecule has 2 aliphatic heterocycles. The summed E-state index contributed by atoms with van der Waals surface area (Å²) < 4.78 is 0. The topological polar surface area (TPSA) is 69.7 Å². The van der Waals surface area contributed by atoms with E-state index in [1.165, 1.54) is 24.2 Å². The van der Waals surface area contributed by atoms with E-state index in [0.717, 1.165) is 13.1 Å². The molecular formula is C13H19N3O3. The van der Waals surface area contributed by atoms with Crippen LogP contribution in [0.1, 0.15) is 32.1 Å². The summed E-state index contributed by atoms with van der Waals surface area (Å²) in [6, 6.07) is -0.551. The van der Waals surface area contributed by atoms with E-state index in [-0.39, 0.29) is 5.91 Å². The Balaban J connectivity index is 1.61. The highest BCUT2D eigenvalue weighted by molar-refractivity contribution is 6.20. The average molecular weight is 265 g/mol. The van der Waals surface area contributed by atoms with Gasteiger partial charge in [-0.05, 0) is 38.8 Å². The van der Waals surface area contributed by atoms with E-state index in [9.17, 15) is 14.4 Å². The normalized spacial score (nSPS) is 26.7. The van der Waals surface area contributed by atoms with Gasteiger partial charge in [0.2, 0.25) is 11.8 Å². The number of urea groups is 1. The maximum absolute atomic E-state index is 12.2. The zero-order valence-electron chi connectivity index (χ0n) is 11.0. The second kappa shape index (κ2) is 4.59. The van der Waals surface area contributed by atoms with Crippen LogP contribution in [0, 0.1) is 5.41 Å². The first kappa shape index (κ1) is 12.6. The quantitative estimate of drug-likeness (QED) is 0.747. The van der Waals surface area contributed by atoms with Crippen molar-refractivity contribution in [2.75, 3.05) is 26.2 Å². The number of hydrogen-bond acceptors (Lipinski definition) is 4. The van der Waals surface area contributed by atoms with Gasteiger partial charge in [-0.1, -0.05) is 6.42 Å². The molecule has 3 rings (SSSR count). The average Bonchev–Trinajstić information content (AvgIpc) is 3.20.